The smallest absolute Gasteiger partial charge is 0.416 e. The zero-order valence-corrected chi connectivity index (χ0v) is 18.3. The van der Waals surface area contributed by atoms with Gasteiger partial charge in [-0.15, -0.1) is 0 Å². The molecule has 3 N–H and O–H groups in total. The van der Waals surface area contributed by atoms with Crippen molar-refractivity contribution in [3.63, 3.8) is 0 Å². The Morgan fingerprint density at radius 3 is 2.03 bits per heavy atom. The fourth-order valence-electron chi connectivity index (χ4n) is 3.10. The Kier molecular flexibility index (Phi) is 7.95. The van der Waals surface area contributed by atoms with Crippen LogP contribution in [0, 0.1) is 0 Å². The predicted molar refractivity (Wildman–Crippen MR) is 110 cm³/mol. The van der Waals surface area contributed by atoms with E-state index in [0.29, 0.717) is 11.5 Å². The van der Waals surface area contributed by atoms with Gasteiger partial charge in [-0.3, -0.25) is 25.2 Å². The van der Waals surface area contributed by atoms with Crippen LogP contribution in [0.1, 0.15) is 46.3 Å². The number of fused-ring (bicyclic) bond motifs is 1. The molecule has 1 aliphatic rings. The van der Waals surface area contributed by atoms with E-state index >= 15 is 0 Å². The molecule has 3 rings (SSSR count). The van der Waals surface area contributed by atoms with Gasteiger partial charge >= 0.3 is 12.4 Å². The molecule has 1 heterocycles. The highest BCUT2D eigenvalue weighted by molar-refractivity contribution is 5.95. The summed E-state index contributed by atoms with van der Waals surface area (Å²) in [6, 6.07) is 5.51. The van der Waals surface area contributed by atoms with Gasteiger partial charge in [-0.25, -0.2) is 0 Å². The first-order valence-corrected chi connectivity index (χ1v) is 10.4. The average molecular weight is 519 g/mol. The minimum Gasteiger partial charge on any atom is -0.454 e. The van der Waals surface area contributed by atoms with Crippen LogP contribution in [-0.2, 0) is 28.5 Å². The van der Waals surface area contributed by atoms with Gasteiger partial charge in [0.25, 0.3) is 5.91 Å². The van der Waals surface area contributed by atoms with E-state index in [9.17, 15) is 40.7 Å². The van der Waals surface area contributed by atoms with E-state index in [-0.39, 0.29) is 56.7 Å². The molecule has 8 nitrogen and oxygen atoms in total. The van der Waals surface area contributed by atoms with E-state index in [1.807, 2.05) is 5.43 Å². The maximum atomic E-state index is 12.9. The van der Waals surface area contributed by atoms with Gasteiger partial charge in [-0.05, 0) is 42.3 Å². The summed E-state index contributed by atoms with van der Waals surface area (Å²) >= 11 is 0. The number of benzene rings is 2. The molecule has 0 saturated carbocycles. The van der Waals surface area contributed by atoms with E-state index < -0.39 is 40.9 Å². The van der Waals surface area contributed by atoms with Crippen molar-refractivity contribution in [2.24, 2.45) is 0 Å². The minimum atomic E-state index is -5.12. The third-order valence-electron chi connectivity index (χ3n) is 4.90. The Morgan fingerprint density at radius 2 is 1.39 bits per heavy atom. The van der Waals surface area contributed by atoms with Crippen molar-refractivity contribution in [2.75, 3.05) is 6.79 Å². The highest BCUT2D eigenvalue weighted by Crippen LogP contribution is 2.36. The third kappa shape index (κ3) is 7.26. The van der Waals surface area contributed by atoms with Crippen LogP contribution in [0.5, 0.6) is 11.5 Å². The van der Waals surface area contributed by atoms with Crippen LogP contribution in [0.3, 0.4) is 0 Å². The first kappa shape index (κ1) is 26.6. The summed E-state index contributed by atoms with van der Waals surface area (Å²) in [4.78, 5) is 35.9. The minimum absolute atomic E-state index is 0.0471. The molecule has 0 aliphatic carbocycles. The number of halogens is 6. The lowest BCUT2D eigenvalue weighted by atomic mass is 10.0. The second kappa shape index (κ2) is 10.7. The number of nitrogens with one attached hydrogen (secondary N) is 3. The third-order valence-corrected chi connectivity index (χ3v) is 4.90. The quantitative estimate of drug-likeness (QED) is 0.382. The number of ether oxygens (including phenoxy) is 2. The average Bonchev–Trinajstić information content (AvgIpc) is 3.27. The van der Waals surface area contributed by atoms with E-state index in [0.717, 1.165) is 5.56 Å². The number of carbonyl (C=O) groups is 3. The van der Waals surface area contributed by atoms with Gasteiger partial charge in [-0.1, -0.05) is 6.07 Å². The second-order valence-corrected chi connectivity index (χ2v) is 7.61. The van der Waals surface area contributed by atoms with Gasteiger partial charge in [0.2, 0.25) is 18.6 Å². The summed E-state index contributed by atoms with van der Waals surface area (Å²) < 4.78 is 87.9. The lowest BCUT2D eigenvalue weighted by Crippen LogP contribution is -2.41. The molecule has 0 radical (unpaired) electrons. The number of hydrogen-bond donors (Lipinski definition) is 3. The molecular formula is C22H19F6N3O5. The summed E-state index contributed by atoms with van der Waals surface area (Å²) in [6.45, 7) is 0.316. The number of hydrogen-bond acceptors (Lipinski definition) is 5. The fourth-order valence-corrected chi connectivity index (χ4v) is 3.10. The van der Waals surface area contributed by atoms with E-state index in [1.54, 1.807) is 23.6 Å². The maximum Gasteiger partial charge on any atom is 0.416 e. The molecule has 1 aliphatic heterocycles. The molecule has 0 aromatic heterocycles. The number of amides is 3. The first-order chi connectivity index (χ1) is 16.8. The molecule has 0 unspecified atom stereocenters. The standard InChI is InChI=1S/C22H19F6N3O5/c23-21(24,25)14-7-13(8-15(9-14)22(26,27)28)20(34)31-30-19(33)3-1-2-18(32)29-10-12-4-5-16-17(6-12)36-11-35-16/h4-9H,1-3,10-11H2,(H,29,32)(H,30,33)(H,31,34). The first-order valence-electron chi connectivity index (χ1n) is 10.4. The van der Waals surface area contributed by atoms with Crippen molar-refractivity contribution in [2.45, 2.75) is 38.2 Å². The van der Waals surface area contributed by atoms with E-state index in [4.69, 9.17) is 9.47 Å². The van der Waals surface area contributed by atoms with Crippen LogP contribution in [-0.4, -0.2) is 24.5 Å². The molecule has 0 saturated heterocycles. The summed E-state index contributed by atoms with van der Waals surface area (Å²) in [6.07, 6.45) is -10.5. The lowest BCUT2D eigenvalue weighted by molar-refractivity contribution is -0.143. The molecular weight excluding hydrogens is 500 g/mol. The van der Waals surface area contributed by atoms with E-state index in [1.165, 1.54) is 0 Å². The topological polar surface area (TPSA) is 106 Å². The Morgan fingerprint density at radius 1 is 0.778 bits per heavy atom. The van der Waals surface area contributed by atoms with Gasteiger partial charge in [0.15, 0.2) is 11.5 Å². The molecule has 0 spiro atoms. The Labute approximate surface area is 199 Å². The van der Waals surface area contributed by atoms with Gasteiger partial charge in [0.1, 0.15) is 0 Å². The van der Waals surface area contributed by atoms with Crippen molar-refractivity contribution < 1.29 is 50.2 Å². The number of rotatable bonds is 7. The molecule has 2 aromatic carbocycles. The Bertz CT molecular complexity index is 1120. The summed E-state index contributed by atoms with van der Waals surface area (Å²) in [5.74, 6) is -1.39. The van der Waals surface area contributed by atoms with Crippen molar-refractivity contribution in [3.8, 4) is 11.5 Å². The summed E-state index contributed by atoms with van der Waals surface area (Å²) in [7, 11) is 0. The van der Waals surface area contributed by atoms with Gasteiger partial charge in [0.05, 0.1) is 11.1 Å². The zero-order chi connectivity index (χ0) is 26.5. The van der Waals surface area contributed by atoms with Gasteiger partial charge in [0, 0.05) is 24.9 Å². The number of carbonyl (C=O) groups excluding carboxylic acids is 3. The van der Waals surface area contributed by atoms with Crippen molar-refractivity contribution in [1.82, 2.24) is 16.2 Å². The predicted octanol–water partition coefficient (Wildman–Crippen LogP) is 3.70. The van der Waals surface area contributed by atoms with Crippen LogP contribution >= 0.6 is 0 Å². The highest BCUT2D eigenvalue weighted by atomic mass is 19.4. The SMILES string of the molecule is O=C(CCCC(=O)NNC(=O)c1cc(C(F)(F)F)cc(C(F)(F)F)c1)NCc1ccc2c(c1)OCO2. The van der Waals surface area contributed by atoms with Crippen molar-refractivity contribution >= 4 is 17.7 Å². The molecule has 0 bridgehead atoms. The van der Waals surface area contributed by atoms with E-state index in [2.05, 4.69) is 5.32 Å². The normalized spacial score (nSPS) is 12.7. The Balaban J connectivity index is 1.43. The van der Waals surface area contributed by atoms with Crippen LogP contribution in [0.4, 0.5) is 26.3 Å². The number of hydrazine groups is 1. The van der Waals surface area contributed by atoms with Crippen LogP contribution in [0.25, 0.3) is 0 Å². The van der Waals surface area contributed by atoms with Crippen molar-refractivity contribution in [1.29, 1.82) is 0 Å². The molecule has 0 atom stereocenters. The largest absolute Gasteiger partial charge is 0.454 e. The second-order valence-electron chi connectivity index (χ2n) is 7.61. The molecule has 0 fully saturated rings. The summed E-state index contributed by atoms with van der Waals surface area (Å²) in [5.41, 5.74) is 0.144. The fraction of sp³-hybridized carbons (Fsp3) is 0.318. The Hall–Kier alpha value is -3.97. The van der Waals surface area contributed by atoms with Crippen LogP contribution in [0.2, 0.25) is 0 Å². The van der Waals surface area contributed by atoms with Crippen LogP contribution < -0.4 is 25.6 Å². The van der Waals surface area contributed by atoms with Gasteiger partial charge in [-0.2, -0.15) is 26.3 Å². The molecule has 194 valence electrons. The van der Waals surface area contributed by atoms with Gasteiger partial charge < -0.3 is 14.8 Å². The monoisotopic (exact) mass is 519 g/mol. The molecule has 3 amide bonds. The molecule has 36 heavy (non-hydrogen) atoms. The van der Waals surface area contributed by atoms with Crippen LogP contribution in [0.15, 0.2) is 36.4 Å². The zero-order valence-electron chi connectivity index (χ0n) is 18.3. The molecule has 2 aromatic rings. The molecule has 14 heteroatoms. The number of alkyl halides is 6. The maximum absolute atomic E-state index is 12.9. The summed E-state index contributed by atoms with van der Waals surface area (Å²) in [5, 5.41) is 2.65. The lowest BCUT2D eigenvalue weighted by Gasteiger charge is -2.14. The van der Waals surface area contributed by atoms with Crippen molar-refractivity contribution in [3.05, 3.63) is 58.7 Å². The highest BCUT2D eigenvalue weighted by Gasteiger charge is 2.37.